The first-order chi connectivity index (χ1) is 7.66. The number of likely N-dealkylation sites (N-methyl/N-ethyl adjacent to an activating group) is 1. The van der Waals surface area contributed by atoms with Crippen molar-refractivity contribution < 1.29 is 9.53 Å². The summed E-state index contributed by atoms with van der Waals surface area (Å²) < 4.78 is 6.38. The van der Waals surface area contributed by atoms with E-state index >= 15 is 0 Å². The largest absolute Gasteiger partial charge is 0.484 e. The zero-order chi connectivity index (χ0) is 11.5. The van der Waals surface area contributed by atoms with E-state index in [0.29, 0.717) is 11.8 Å². The molecule has 0 bridgehead atoms. The highest BCUT2D eigenvalue weighted by atomic mass is 79.9. The molecule has 3 nitrogen and oxygen atoms in total. The van der Waals surface area contributed by atoms with Crippen LogP contribution in [0.2, 0.25) is 0 Å². The molecule has 0 unspecified atom stereocenters. The molecule has 1 aliphatic carbocycles. The highest BCUT2D eigenvalue weighted by molar-refractivity contribution is 9.10. The van der Waals surface area contributed by atoms with Gasteiger partial charge in [-0.2, -0.15) is 0 Å². The molecular weight excluding hydrogens is 270 g/mol. The van der Waals surface area contributed by atoms with Crippen LogP contribution >= 0.6 is 15.9 Å². The van der Waals surface area contributed by atoms with Crippen molar-refractivity contribution >= 4 is 21.8 Å². The normalized spacial score (nSPS) is 14.6. The molecule has 1 saturated carbocycles. The summed E-state index contributed by atoms with van der Waals surface area (Å²) in [6, 6.07) is 7.94. The predicted molar refractivity (Wildman–Crippen MR) is 65.4 cm³/mol. The van der Waals surface area contributed by atoms with Gasteiger partial charge in [0.25, 0.3) is 5.91 Å². The van der Waals surface area contributed by atoms with Crippen LogP contribution in [0.25, 0.3) is 0 Å². The molecule has 1 aromatic carbocycles. The minimum absolute atomic E-state index is 0.0440. The molecule has 16 heavy (non-hydrogen) atoms. The molecule has 2 rings (SSSR count). The number of ether oxygens (including phenoxy) is 1. The van der Waals surface area contributed by atoms with Gasteiger partial charge >= 0.3 is 0 Å². The van der Waals surface area contributed by atoms with E-state index in [1.165, 1.54) is 0 Å². The molecular formula is C12H14BrNO2. The van der Waals surface area contributed by atoms with Crippen LogP contribution in [0.1, 0.15) is 12.8 Å². The lowest BCUT2D eigenvalue weighted by Gasteiger charge is -2.16. The second-order valence-corrected chi connectivity index (χ2v) is 4.90. The van der Waals surface area contributed by atoms with Crippen LogP contribution in [-0.4, -0.2) is 30.5 Å². The van der Waals surface area contributed by atoms with Crippen LogP contribution in [0.5, 0.6) is 5.75 Å². The van der Waals surface area contributed by atoms with Gasteiger partial charge in [0.2, 0.25) is 0 Å². The highest BCUT2D eigenvalue weighted by Gasteiger charge is 2.29. The quantitative estimate of drug-likeness (QED) is 0.850. The Balaban J connectivity index is 1.84. The monoisotopic (exact) mass is 283 g/mol. The minimum Gasteiger partial charge on any atom is -0.484 e. The first-order valence-electron chi connectivity index (χ1n) is 5.31. The van der Waals surface area contributed by atoms with Gasteiger partial charge in [0.15, 0.2) is 6.61 Å². The van der Waals surface area contributed by atoms with Crippen LogP contribution < -0.4 is 4.74 Å². The second kappa shape index (κ2) is 4.87. The summed E-state index contributed by atoms with van der Waals surface area (Å²) >= 11 is 3.36. The fourth-order valence-corrected chi connectivity index (χ4v) is 1.85. The summed E-state index contributed by atoms with van der Waals surface area (Å²) in [5, 5.41) is 0. The molecule has 1 aliphatic rings. The minimum atomic E-state index is 0.0440. The summed E-state index contributed by atoms with van der Waals surface area (Å²) in [6.07, 6.45) is 2.25. The zero-order valence-corrected chi connectivity index (χ0v) is 10.7. The molecule has 1 aromatic rings. The number of hydrogen-bond acceptors (Lipinski definition) is 2. The Morgan fingerprint density at radius 2 is 2.31 bits per heavy atom. The van der Waals surface area contributed by atoms with Gasteiger partial charge in [-0.1, -0.05) is 22.0 Å². The summed E-state index contributed by atoms with van der Waals surface area (Å²) in [7, 11) is 1.84. The Hall–Kier alpha value is -1.03. The Bertz CT molecular complexity index is 390. The molecule has 0 saturated heterocycles. The van der Waals surface area contributed by atoms with Crippen LogP contribution in [0.3, 0.4) is 0 Å². The van der Waals surface area contributed by atoms with Crippen LogP contribution in [0.15, 0.2) is 28.7 Å². The van der Waals surface area contributed by atoms with Gasteiger partial charge in [-0.15, -0.1) is 0 Å². The summed E-state index contributed by atoms with van der Waals surface area (Å²) in [5.74, 6) is 0.759. The number of amides is 1. The predicted octanol–water partition coefficient (Wildman–Crippen LogP) is 2.45. The molecule has 4 heteroatoms. The van der Waals surface area contributed by atoms with Crippen molar-refractivity contribution in [2.45, 2.75) is 18.9 Å². The Morgan fingerprint density at radius 3 is 2.94 bits per heavy atom. The number of carbonyl (C=O) groups excluding carboxylic acids is 1. The molecule has 0 radical (unpaired) electrons. The number of hydrogen-bond donors (Lipinski definition) is 0. The topological polar surface area (TPSA) is 29.5 Å². The van der Waals surface area contributed by atoms with Crippen molar-refractivity contribution in [3.63, 3.8) is 0 Å². The van der Waals surface area contributed by atoms with E-state index in [9.17, 15) is 4.79 Å². The first kappa shape index (κ1) is 11.5. The van der Waals surface area contributed by atoms with E-state index in [0.717, 1.165) is 17.3 Å². The second-order valence-electron chi connectivity index (χ2n) is 3.98. The summed E-state index contributed by atoms with van der Waals surface area (Å²) in [4.78, 5) is 13.4. The van der Waals surface area contributed by atoms with Gasteiger partial charge in [-0.25, -0.2) is 0 Å². The number of benzene rings is 1. The van der Waals surface area contributed by atoms with Gasteiger partial charge in [0.05, 0.1) is 0 Å². The van der Waals surface area contributed by atoms with Gasteiger partial charge in [0, 0.05) is 17.6 Å². The SMILES string of the molecule is CN(C(=O)COc1cccc(Br)c1)C1CC1. The van der Waals surface area contributed by atoms with E-state index in [4.69, 9.17) is 4.74 Å². The van der Waals surface area contributed by atoms with Crippen LogP contribution in [0, 0.1) is 0 Å². The summed E-state index contributed by atoms with van der Waals surface area (Å²) in [6.45, 7) is 0.115. The smallest absolute Gasteiger partial charge is 0.260 e. The van der Waals surface area contributed by atoms with Gasteiger partial charge < -0.3 is 9.64 Å². The molecule has 0 aliphatic heterocycles. The third-order valence-corrected chi connectivity index (χ3v) is 3.14. The van der Waals surface area contributed by atoms with Crippen molar-refractivity contribution in [1.82, 2.24) is 4.90 Å². The number of carbonyl (C=O) groups is 1. The molecule has 0 N–H and O–H groups in total. The van der Waals surface area contributed by atoms with Crippen molar-refractivity contribution in [2.75, 3.05) is 13.7 Å². The maximum Gasteiger partial charge on any atom is 0.260 e. The van der Waals surface area contributed by atoms with Gasteiger partial charge in [-0.3, -0.25) is 4.79 Å². The van der Waals surface area contributed by atoms with Crippen molar-refractivity contribution in [1.29, 1.82) is 0 Å². The van der Waals surface area contributed by atoms with Gasteiger partial charge in [-0.05, 0) is 31.0 Å². The number of nitrogens with zero attached hydrogens (tertiary/aromatic N) is 1. The van der Waals surface area contributed by atoms with Crippen LogP contribution in [-0.2, 0) is 4.79 Å². The molecule has 86 valence electrons. The third kappa shape index (κ3) is 2.98. The maximum absolute atomic E-state index is 11.7. The van der Waals surface area contributed by atoms with Crippen molar-refractivity contribution in [3.05, 3.63) is 28.7 Å². The zero-order valence-electron chi connectivity index (χ0n) is 9.15. The molecule has 1 fully saturated rings. The van der Waals surface area contributed by atoms with Crippen LogP contribution in [0.4, 0.5) is 0 Å². The lowest BCUT2D eigenvalue weighted by molar-refractivity contribution is -0.132. The average Bonchev–Trinajstić information content (AvgIpc) is 3.09. The van der Waals surface area contributed by atoms with E-state index < -0.39 is 0 Å². The van der Waals surface area contributed by atoms with E-state index in [1.54, 1.807) is 4.90 Å². The Kier molecular flexibility index (Phi) is 3.49. The lowest BCUT2D eigenvalue weighted by atomic mass is 10.3. The van der Waals surface area contributed by atoms with E-state index in [-0.39, 0.29) is 12.5 Å². The summed E-state index contributed by atoms with van der Waals surface area (Å²) in [5.41, 5.74) is 0. The third-order valence-electron chi connectivity index (χ3n) is 2.65. The van der Waals surface area contributed by atoms with E-state index in [2.05, 4.69) is 15.9 Å². The lowest BCUT2D eigenvalue weighted by Crippen LogP contribution is -2.33. The molecule has 0 spiro atoms. The fraction of sp³-hybridized carbons (Fsp3) is 0.417. The van der Waals surface area contributed by atoms with E-state index in [1.807, 2.05) is 31.3 Å². The highest BCUT2D eigenvalue weighted by Crippen LogP contribution is 2.25. The Labute approximate surface area is 104 Å². The molecule has 0 aromatic heterocycles. The maximum atomic E-state index is 11.7. The molecule has 0 heterocycles. The average molecular weight is 284 g/mol. The first-order valence-corrected chi connectivity index (χ1v) is 6.10. The van der Waals surface area contributed by atoms with Crippen molar-refractivity contribution in [3.8, 4) is 5.75 Å². The number of rotatable bonds is 4. The molecule has 1 amide bonds. The fourth-order valence-electron chi connectivity index (χ4n) is 1.47. The van der Waals surface area contributed by atoms with Crippen molar-refractivity contribution in [2.24, 2.45) is 0 Å². The van der Waals surface area contributed by atoms with Gasteiger partial charge in [0.1, 0.15) is 5.75 Å². The Morgan fingerprint density at radius 1 is 1.56 bits per heavy atom. The standard InChI is InChI=1S/C12H14BrNO2/c1-14(10-5-6-10)12(15)8-16-11-4-2-3-9(13)7-11/h2-4,7,10H,5-6,8H2,1H3. The number of halogens is 1. The molecule has 0 atom stereocenters.